The van der Waals surface area contributed by atoms with E-state index in [1.54, 1.807) is 0 Å². The van der Waals surface area contributed by atoms with Crippen molar-refractivity contribution in [2.24, 2.45) is 0 Å². The Balaban J connectivity index is 5.37. The van der Waals surface area contributed by atoms with Gasteiger partial charge in [-0.2, -0.15) is 0 Å². The second-order valence-electron chi connectivity index (χ2n) is 26.2. The number of rotatable bonds is 74. The van der Waals surface area contributed by atoms with Crippen LogP contribution in [0.5, 0.6) is 0 Å². The zero-order valence-electron chi connectivity index (χ0n) is 64.9. The third-order valence-electron chi connectivity index (χ3n) is 16.3. The summed E-state index contributed by atoms with van der Waals surface area (Å²) in [7, 11) is -9.99. The molecule has 0 aliphatic rings. The van der Waals surface area contributed by atoms with Gasteiger partial charge in [0.05, 0.1) is 26.4 Å². The van der Waals surface area contributed by atoms with Crippen LogP contribution in [0, 0.1) is 0 Å². The van der Waals surface area contributed by atoms with Crippen LogP contribution in [0.3, 0.4) is 0 Å². The molecule has 0 amide bonds. The first-order valence-corrected chi connectivity index (χ1v) is 43.1. The molecule has 5 unspecified atom stereocenters. The van der Waals surface area contributed by atoms with Crippen molar-refractivity contribution in [3.63, 3.8) is 0 Å². The van der Waals surface area contributed by atoms with Crippen molar-refractivity contribution in [1.29, 1.82) is 0 Å². The number of allylic oxidation sites excluding steroid dienone is 24. The number of aliphatic hydroxyl groups excluding tert-OH is 1. The summed E-state index contributed by atoms with van der Waals surface area (Å²) < 4.78 is 68.5. The lowest BCUT2D eigenvalue weighted by Gasteiger charge is -2.21. The third-order valence-corrected chi connectivity index (χ3v) is 18.2. The van der Waals surface area contributed by atoms with Gasteiger partial charge in [0.15, 0.2) is 12.2 Å². The number of hydrogen-bond acceptors (Lipinski definition) is 15. The van der Waals surface area contributed by atoms with Crippen molar-refractivity contribution in [2.45, 2.75) is 329 Å². The summed E-state index contributed by atoms with van der Waals surface area (Å²) in [5.41, 5.74) is 0. The summed E-state index contributed by atoms with van der Waals surface area (Å²) in [6.07, 6.45) is 86.9. The Kier molecular flexibility index (Phi) is 72.4. The van der Waals surface area contributed by atoms with Gasteiger partial charge in [-0.15, -0.1) is 0 Å². The molecule has 5 atom stereocenters. The van der Waals surface area contributed by atoms with Crippen LogP contribution in [0.1, 0.15) is 310 Å². The molecule has 0 heterocycles. The quantitative estimate of drug-likeness (QED) is 0.0169. The molecule has 0 saturated heterocycles. The van der Waals surface area contributed by atoms with Crippen LogP contribution in [0.2, 0.25) is 0 Å². The summed E-state index contributed by atoms with van der Waals surface area (Å²) in [4.78, 5) is 73.0. The van der Waals surface area contributed by atoms with Crippen LogP contribution >= 0.6 is 15.6 Å². The highest BCUT2D eigenvalue weighted by molar-refractivity contribution is 7.47. The monoisotopic (exact) mass is 1500 g/mol. The maximum Gasteiger partial charge on any atom is 0.472 e. The van der Waals surface area contributed by atoms with Crippen molar-refractivity contribution < 1.29 is 80.2 Å². The van der Waals surface area contributed by atoms with Crippen molar-refractivity contribution in [3.8, 4) is 0 Å². The van der Waals surface area contributed by atoms with E-state index in [4.69, 9.17) is 37.0 Å². The van der Waals surface area contributed by atoms with E-state index < -0.39 is 97.5 Å². The molecule has 0 aliphatic carbocycles. The number of aliphatic hydroxyl groups is 1. The summed E-state index contributed by atoms with van der Waals surface area (Å²) >= 11 is 0. The lowest BCUT2D eigenvalue weighted by molar-refractivity contribution is -0.161. The second kappa shape index (κ2) is 76.1. The smallest absolute Gasteiger partial charge is 0.462 e. The fraction of sp³-hybridized carbons (Fsp3) is 0.671. The molecular weight excluding hydrogens is 1350 g/mol. The van der Waals surface area contributed by atoms with Gasteiger partial charge in [-0.25, -0.2) is 9.13 Å². The van der Waals surface area contributed by atoms with Crippen molar-refractivity contribution in [1.82, 2.24) is 0 Å². The fourth-order valence-corrected chi connectivity index (χ4v) is 11.8. The first-order valence-electron chi connectivity index (χ1n) is 40.1. The fourth-order valence-electron chi connectivity index (χ4n) is 10.2. The van der Waals surface area contributed by atoms with E-state index in [9.17, 15) is 43.2 Å². The molecule has 0 fully saturated rings. The first kappa shape index (κ1) is 98.9. The summed E-state index contributed by atoms with van der Waals surface area (Å²) in [6, 6.07) is 0. The number of esters is 4. The van der Waals surface area contributed by atoms with Gasteiger partial charge in [0.1, 0.15) is 19.3 Å². The summed E-state index contributed by atoms with van der Waals surface area (Å²) in [5.74, 6) is -2.26. The Morgan fingerprint density at radius 1 is 0.279 bits per heavy atom. The highest BCUT2D eigenvalue weighted by Gasteiger charge is 2.30. The van der Waals surface area contributed by atoms with Crippen molar-refractivity contribution >= 4 is 39.5 Å². The third kappa shape index (κ3) is 75.2. The molecule has 594 valence electrons. The zero-order valence-corrected chi connectivity index (χ0v) is 66.7. The minimum Gasteiger partial charge on any atom is -0.462 e. The minimum atomic E-state index is -5.00. The number of hydrogen-bond donors (Lipinski definition) is 3. The van der Waals surface area contributed by atoms with Gasteiger partial charge in [0.25, 0.3) is 0 Å². The molecule has 0 bridgehead atoms. The highest BCUT2D eigenvalue weighted by atomic mass is 31.2. The molecule has 0 aromatic heterocycles. The second-order valence-corrected chi connectivity index (χ2v) is 29.1. The predicted molar refractivity (Wildman–Crippen MR) is 427 cm³/mol. The minimum absolute atomic E-state index is 0.0357. The largest absolute Gasteiger partial charge is 0.472 e. The molecule has 104 heavy (non-hydrogen) atoms. The Morgan fingerprint density at radius 2 is 0.510 bits per heavy atom. The van der Waals surface area contributed by atoms with E-state index in [-0.39, 0.29) is 25.7 Å². The molecule has 0 spiro atoms. The zero-order chi connectivity index (χ0) is 76.0. The number of carbonyl (C=O) groups excluding carboxylic acids is 4. The molecule has 0 aromatic carbocycles. The molecule has 0 aliphatic heterocycles. The number of phosphoric ester groups is 2. The van der Waals surface area contributed by atoms with Gasteiger partial charge in [0.2, 0.25) is 0 Å². The Morgan fingerprint density at radius 3 is 0.827 bits per heavy atom. The Bertz CT molecular complexity index is 2540. The topological polar surface area (TPSA) is 237 Å². The lowest BCUT2D eigenvalue weighted by Crippen LogP contribution is -2.30. The van der Waals surface area contributed by atoms with E-state index in [1.807, 2.05) is 0 Å². The van der Waals surface area contributed by atoms with Gasteiger partial charge < -0.3 is 33.8 Å². The SMILES string of the molecule is CC/C=C\C/C=C\C/C=C\C/C=C\CCCCCCCCC(=O)OCC(COP(=O)(O)OCC(O)COP(=O)(O)OCC(COC(=O)CCCCCCCC/C=C\C/C=C\C/C=C\CCCCC)OC(=O)CCCC/C=C\C/C=C\C/C=C\C/C=C\CC)OC(=O)CCCCCCC/C=C\CCCC. The van der Waals surface area contributed by atoms with Gasteiger partial charge in [-0.05, 0) is 161 Å². The van der Waals surface area contributed by atoms with E-state index in [0.29, 0.717) is 32.1 Å². The number of unbranched alkanes of at least 4 members (excludes halogenated alkanes) is 24. The van der Waals surface area contributed by atoms with Gasteiger partial charge in [0, 0.05) is 25.7 Å². The van der Waals surface area contributed by atoms with Crippen LogP contribution in [0.15, 0.2) is 146 Å². The van der Waals surface area contributed by atoms with Gasteiger partial charge in [-0.1, -0.05) is 270 Å². The van der Waals surface area contributed by atoms with Crippen LogP contribution in [0.25, 0.3) is 0 Å². The van der Waals surface area contributed by atoms with E-state index in [0.717, 1.165) is 193 Å². The normalized spacial score (nSPS) is 14.6. The summed E-state index contributed by atoms with van der Waals surface area (Å²) in [6.45, 7) is 4.49. The molecule has 0 saturated carbocycles. The van der Waals surface area contributed by atoms with Crippen molar-refractivity contribution in [2.75, 3.05) is 39.6 Å². The molecule has 0 rings (SSSR count). The maximum atomic E-state index is 13.1. The lowest BCUT2D eigenvalue weighted by atomic mass is 10.1. The van der Waals surface area contributed by atoms with Crippen molar-refractivity contribution in [3.05, 3.63) is 146 Å². The molecule has 0 aromatic rings. The number of ether oxygens (including phenoxy) is 4. The number of phosphoric acid groups is 2. The first-order chi connectivity index (χ1) is 50.7. The molecule has 19 heteroatoms. The molecule has 3 N–H and O–H groups in total. The van der Waals surface area contributed by atoms with Crippen LogP contribution in [-0.4, -0.2) is 96.7 Å². The maximum absolute atomic E-state index is 13.1. The van der Waals surface area contributed by atoms with E-state index in [2.05, 4.69) is 174 Å². The van der Waals surface area contributed by atoms with E-state index >= 15 is 0 Å². The Hall–Kier alpha value is -5.06. The molecule has 17 nitrogen and oxygen atoms in total. The highest BCUT2D eigenvalue weighted by Crippen LogP contribution is 2.45. The standard InChI is InChI=1S/C85H142O17P2/c1-5-9-13-17-21-25-29-32-35-37-39-41-44-46-50-53-57-61-65-69-82(87)95-75-80(101-84(89)71-67-63-59-55-49-28-24-20-16-12-8-4)77-99-103(91,92)97-73-79(86)74-98-104(93,94)100-78-81(102-85(90)72-68-64-60-56-52-48-43-34-31-27-23-19-15-11-7-3)76-96-83(88)70-66-62-58-54-51-47-45-42-40-38-36-33-30-26-22-18-14-10-6-2/h9,11,13,15,20-27,32-36,39-43,52,56,79-81,86H,5-8,10,12,14,16-19,28-31,37-38,44-51,53-55,57-78H2,1-4H3,(H,91,92)(H,93,94)/b13-9-,15-11-,24-20-,25-21-,26-22-,27-23-,35-32-,36-33-,41-39-,42-40-,43-34-,56-52-. The van der Waals surface area contributed by atoms with Crippen LogP contribution in [-0.2, 0) is 65.4 Å². The van der Waals surface area contributed by atoms with Gasteiger partial charge in [-0.3, -0.25) is 37.3 Å². The summed E-state index contributed by atoms with van der Waals surface area (Å²) in [5, 5.41) is 10.6. The van der Waals surface area contributed by atoms with Gasteiger partial charge >= 0.3 is 39.5 Å². The van der Waals surface area contributed by atoms with Crippen LogP contribution < -0.4 is 0 Å². The Labute approximate surface area is 630 Å². The average molecular weight is 1500 g/mol. The van der Waals surface area contributed by atoms with E-state index in [1.165, 1.54) is 32.1 Å². The average Bonchev–Trinajstić information content (AvgIpc) is 0.931. The molecular formula is C85H142O17P2. The number of carbonyl (C=O) groups is 4. The predicted octanol–water partition coefficient (Wildman–Crippen LogP) is 23.4. The molecule has 0 radical (unpaired) electrons. The van der Waals surface area contributed by atoms with Crippen LogP contribution in [0.4, 0.5) is 0 Å².